The SMILES string of the molecule is C[C@@H]1CCN(c2ccc(Cl)nc2)C[C@H]1N. The van der Waals surface area contributed by atoms with Crippen LogP contribution in [0.15, 0.2) is 18.3 Å². The molecule has 0 aliphatic carbocycles. The van der Waals surface area contributed by atoms with Crippen LogP contribution in [0.2, 0.25) is 5.15 Å². The van der Waals surface area contributed by atoms with Gasteiger partial charge in [0.2, 0.25) is 0 Å². The van der Waals surface area contributed by atoms with Crippen LogP contribution in [0.1, 0.15) is 13.3 Å². The Labute approximate surface area is 95.2 Å². The fraction of sp³-hybridized carbons (Fsp3) is 0.545. The molecular formula is C11H16ClN3. The summed E-state index contributed by atoms with van der Waals surface area (Å²) in [6.07, 6.45) is 2.95. The van der Waals surface area contributed by atoms with E-state index in [4.69, 9.17) is 17.3 Å². The van der Waals surface area contributed by atoms with Crippen LogP contribution in [0.4, 0.5) is 5.69 Å². The van der Waals surface area contributed by atoms with E-state index in [2.05, 4.69) is 16.8 Å². The molecule has 2 N–H and O–H groups in total. The van der Waals surface area contributed by atoms with Crippen LogP contribution >= 0.6 is 11.6 Å². The fourth-order valence-corrected chi connectivity index (χ4v) is 2.00. The monoisotopic (exact) mass is 225 g/mol. The smallest absolute Gasteiger partial charge is 0.129 e. The number of hydrogen-bond donors (Lipinski definition) is 1. The standard InChI is InChI=1S/C11H16ClN3/c1-8-4-5-15(7-10(8)13)9-2-3-11(12)14-6-9/h2-3,6,8,10H,4-5,7,13H2,1H3/t8-,10-/m1/s1. The van der Waals surface area contributed by atoms with Gasteiger partial charge in [0.15, 0.2) is 0 Å². The third kappa shape index (κ3) is 2.41. The zero-order valence-corrected chi connectivity index (χ0v) is 9.61. The van der Waals surface area contributed by atoms with Crippen molar-refractivity contribution in [3.63, 3.8) is 0 Å². The zero-order valence-electron chi connectivity index (χ0n) is 8.86. The van der Waals surface area contributed by atoms with Crippen molar-refractivity contribution in [3.05, 3.63) is 23.5 Å². The summed E-state index contributed by atoms with van der Waals surface area (Å²) < 4.78 is 0. The normalized spacial score (nSPS) is 26.7. The zero-order chi connectivity index (χ0) is 10.8. The van der Waals surface area contributed by atoms with Crippen molar-refractivity contribution in [2.75, 3.05) is 18.0 Å². The van der Waals surface area contributed by atoms with Gasteiger partial charge in [-0.3, -0.25) is 0 Å². The Morgan fingerprint density at radius 1 is 1.53 bits per heavy atom. The van der Waals surface area contributed by atoms with Crippen LogP contribution in [0, 0.1) is 5.92 Å². The summed E-state index contributed by atoms with van der Waals surface area (Å²) in [5.41, 5.74) is 7.16. The number of pyridine rings is 1. The molecule has 2 atom stereocenters. The summed E-state index contributed by atoms with van der Waals surface area (Å²) in [4.78, 5) is 6.35. The van der Waals surface area contributed by atoms with E-state index >= 15 is 0 Å². The maximum Gasteiger partial charge on any atom is 0.129 e. The molecule has 2 heterocycles. The first-order chi connectivity index (χ1) is 7.16. The number of rotatable bonds is 1. The van der Waals surface area contributed by atoms with E-state index in [0.717, 1.165) is 25.2 Å². The lowest BCUT2D eigenvalue weighted by atomic mass is 9.94. The Balaban J connectivity index is 2.08. The molecule has 4 heteroatoms. The molecular weight excluding hydrogens is 210 g/mol. The van der Waals surface area contributed by atoms with Crippen LogP contribution in [-0.4, -0.2) is 24.1 Å². The van der Waals surface area contributed by atoms with Gasteiger partial charge in [0.05, 0.1) is 11.9 Å². The maximum atomic E-state index is 6.05. The topological polar surface area (TPSA) is 42.2 Å². The van der Waals surface area contributed by atoms with E-state index < -0.39 is 0 Å². The fourth-order valence-electron chi connectivity index (χ4n) is 1.89. The highest BCUT2D eigenvalue weighted by Gasteiger charge is 2.23. The first kappa shape index (κ1) is 10.7. The van der Waals surface area contributed by atoms with E-state index in [-0.39, 0.29) is 6.04 Å². The van der Waals surface area contributed by atoms with Crippen molar-refractivity contribution >= 4 is 17.3 Å². The van der Waals surface area contributed by atoms with Crippen molar-refractivity contribution in [1.82, 2.24) is 4.98 Å². The van der Waals surface area contributed by atoms with Gasteiger partial charge in [0.1, 0.15) is 5.15 Å². The Morgan fingerprint density at radius 2 is 2.33 bits per heavy atom. The minimum absolute atomic E-state index is 0.259. The summed E-state index contributed by atoms with van der Waals surface area (Å²) in [6.45, 7) is 4.17. The van der Waals surface area contributed by atoms with E-state index in [1.807, 2.05) is 18.3 Å². The molecule has 3 nitrogen and oxygen atoms in total. The van der Waals surface area contributed by atoms with Crippen LogP contribution in [-0.2, 0) is 0 Å². The largest absolute Gasteiger partial charge is 0.369 e. The van der Waals surface area contributed by atoms with Crippen LogP contribution in [0.3, 0.4) is 0 Å². The molecule has 0 unspecified atom stereocenters. The van der Waals surface area contributed by atoms with Crippen molar-refractivity contribution in [1.29, 1.82) is 0 Å². The summed E-state index contributed by atoms with van der Waals surface area (Å²) >= 11 is 5.75. The van der Waals surface area contributed by atoms with Gasteiger partial charge < -0.3 is 10.6 Å². The number of nitrogens with two attached hydrogens (primary N) is 1. The highest BCUT2D eigenvalue weighted by Crippen LogP contribution is 2.22. The summed E-state index contributed by atoms with van der Waals surface area (Å²) in [6, 6.07) is 4.08. The van der Waals surface area contributed by atoms with Crippen LogP contribution < -0.4 is 10.6 Å². The van der Waals surface area contributed by atoms with Gasteiger partial charge in [-0.2, -0.15) is 0 Å². The molecule has 2 rings (SSSR count). The van der Waals surface area contributed by atoms with Gasteiger partial charge in [0.25, 0.3) is 0 Å². The lowest BCUT2D eigenvalue weighted by Gasteiger charge is -2.36. The summed E-state index contributed by atoms with van der Waals surface area (Å²) in [5.74, 6) is 0.613. The number of nitrogens with zero attached hydrogens (tertiary/aromatic N) is 2. The molecule has 0 spiro atoms. The second-order valence-corrected chi connectivity index (χ2v) is 4.60. The van der Waals surface area contributed by atoms with E-state index in [0.29, 0.717) is 11.1 Å². The van der Waals surface area contributed by atoms with Gasteiger partial charge in [-0.1, -0.05) is 18.5 Å². The average Bonchev–Trinajstić information content (AvgIpc) is 2.23. The number of piperidine rings is 1. The lowest BCUT2D eigenvalue weighted by molar-refractivity contribution is 0.379. The predicted octanol–water partition coefficient (Wildman–Crippen LogP) is 1.91. The first-order valence-corrected chi connectivity index (χ1v) is 5.66. The summed E-state index contributed by atoms with van der Waals surface area (Å²) in [5, 5.41) is 0.536. The van der Waals surface area contributed by atoms with Crippen molar-refractivity contribution in [2.24, 2.45) is 11.7 Å². The number of anilines is 1. The van der Waals surface area contributed by atoms with Crippen molar-refractivity contribution < 1.29 is 0 Å². The molecule has 82 valence electrons. The van der Waals surface area contributed by atoms with Crippen LogP contribution in [0.5, 0.6) is 0 Å². The van der Waals surface area contributed by atoms with Gasteiger partial charge in [-0.15, -0.1) is 0 Å². The second kappa shape index (κ2) is 4.37. The van der Waals surface area contributed by atoms with Crippen LogP contribution in [0.25, 0.3) is 0 Å². The van der Waals surface area contributed by atoms with E-state index in [1.165, 1.54) is 0 Å². The molecule has 0 amide bonds. The van der Waals surface area contributed by atoms with Gasteiger partial charge >= 0.3 is 0 Å². The van der Waals surface area contributed by atoms with Crippen molar-refractivity contribution in [2.45, 2.75) is 19.4 Å². The second-order valence-electron chi connectivity index (χ2n) is 4.21. The molecule has 1 saturated heterocycles. The van der Waals surface area contributed by atoms with Gasteiger partial charge in [-0.05, 0) is 24.5 Å². The number of hydrogen-bond acceptors (Lipinski definition) is 3. The van der Waals surface area contributed by atoms with Crippen molar-refractivity contribution in [3.8, 4) is 0 Å². The molecule has 0 radical (unpaired) electrons. The van der Waals surface area contributed by atoms with E-state index in [1.54, 1.807) is 0 Å². The van der Waals surface area contributed by atoms with Gasteiger partial charge in [0, 0.05) is 19.1 Å². The quantitative estimate of drug-likeness (QED) is 0.743. The summed E-state index contributed by atoms with van der Waals surface area (Å²) in [7, 11) is 0. The molecule has 1 aromatic heterocycles. The Kier molecular flexibility index (Phi) is 3.12. The molecule has 0 saturated carbocycles. The maximum absolute atomic E-state index is 6.05. The highest BCUT2D eigenvalue weighted by atomic mass is 35.5. The Bertz CT molecular complexity index is 325. The minimum Gasteiger partial charge on any atom is -0.369 e. The average molecular weight is 226 g/mol. The molecule has 1 aliphatic rings. The minimum atomic E-state index is 0.259. The number of halogens is 1. The van der Waals surface area contributed by atoms with Gasteiger partial charge in [-0.25, -0.2) is 4.98 Å². The lowest BCUT2D eigenvalue weighted by Crippen LogP contribution is -2.47. The predicted molar refractivity (Wildman–Crippen MR) is 63.2 cm³/mol. The molecule has 1 fully saturated rings. The Hall–Kier alpha value is -0.800. The molecule has 0 aromatic carbocycles. The third-order valence-electron chi connectivity index (χ3n) is 3.09. The molecule has 1 aromatic rings. The third-order valence-corrected chi connectivity index (χ3v) is 3.32. The highest BCUT2D eigenvalue weighted by molar-refractivity contribution is 6.29. The number of aromatic nitrogens is 1. The Morgan fingerprint density at radius 3 is 2.93 bits per heavy atom. The molecule has 0 bridgehead atoms. The van der Waals surface area contributed by atoms with E-state index in [9.17, 15) is 0 Å². The molecule has 1 aliphatic heterocycles. The first-order valence-electron chi connectivity index (χ1n) is 5.29. The molecule has 15 heavy (non-hydrogen) atoms.